The summed E-state index contributed by atoms with van der Waals surface area (Å²) in [5, 5.41) is 9.74. The highest BCUT2D eigenvalue weighted by Gasteiger charge is 2.25. The molecule has 1 aliphatic heterocycles. The van der Waals surface area contributed by atoms with Gasteiger partial charge in [0.25, 0.3) is 5.91 Å². The number of rotatable bonds is 9. The second-order valence-corrected chi connectivity index (χ2v) is 9.19. The van der Waals surface area contributed by atoms with E-state index in [0.29, 0.717) is 18.7 Å². The number of hydrogen-bond acceptors (Lipinski definition) is 4. The van der Waals surface area contributed by atoms with E-state index in [1.807, 2.05) is 48.7 Å². The average molecular weight is 477 g/mol. The summed E-state index contributed by atoms with van der Waals surface area (Å²) in [7, 11) is 0. The van der Waals surface area contributed by atoms with Crippen LogP contribution in [0.3, 0.4) is 0 Å². The summed E-state index contributed by atoms with van der Waals surface area (Å²) < 4.78 is 5.43. The third-order valence-electron chi connectivity index (χ3n) is 6.14. The molecule has 8 heteroatoms. The monoisotopic (exact) mass is 476 g/mol. The van der Waals surface area contributed by atoms with Gasteiger partial charge in [-0.2, -0.15) is 0 Å². The molecule has 1 aliphatic rings. The van der Waals surface area contributed by atoms with E-state index in [1.54, 1.807) is 19.9 Å². The Labute approximate surface area is 204 Å². The molecular weight excluding hydrogens is 444 g/mol. The zero-order valence-corrected chi connectivity index (χ0v) is 20.1. The number of amides is 3. The molecule has 35 heavy (non-hydrogen) atoms. The van der Waals surface area contributed by atoms with Gasteiger partial charge in [-0.1, -0.05) is 44.2 Å². The van der Waals surface area contributed by atoms with Crippen LogP contribution in [0, 0.1) is 5.92 Å². The number of anilines is 1. The molecule has 0 radical (unpaired) electrons. The van der Waals surface area contributed by atoms with Crippen molar-refractivity contribution in [1.29, 1.82) is 0 Å². The number of ether oxygens (including phenoxy) is 1. The Balaban J connectivity index is 1.42. The number of aromatic nitrogens is 1. The number of para-hydroxylation sites is 1. The number of fused-ring (bicyclic) bond motifs is 1. The first-order chi connectivity index (χ1) is 16.9. The molecule has 1 saturated heterocycles. The Bertz CT molecular complexity index is 1200. The highest BCUT2D eigenvalue weighted by Crippen LogP contribution is 2.20. The SMILES string of the molecule is CC(C)C(=O)NC(Cc1c[nH]c2ccccc12)C(=O)NCc1cccc(NC(=O)C2CCCO2)c1. The van der Waals surface area contributed by atoms with Crippen LogP contribution in [-0.4, -0.2) is 41.5 Å². The Morgan fingerprint density at radius 3 is 2.69 bits per heavy atom. The van der Waals surface area contributed by atoms with Crippen molar-refractivity contribution in [1.82, 2.24) is 15.6 Å². The lowest BCUT2D eigenvalue weighted by Gasteiger charge is -2.20. The normalized spacial score (nSPS) is 16.3. The van der Waals surface area contributed by atoms with Crippen molar-refractivity contribution in [2.75, 3.05) is 11.9 Å². The summed E-state index contributed by atoms with van der Waals surface area (Å²) in [6, 6.07) is 14.5. The van der Waals surface area contributed by atoms with Crippen LogP contribution in [0.1, 0.15) is 37.8 Å². The number of nitrogens with one attached hydrogen (secondary N) is 4. The maximum Gasteiger partial charge on any atom is 0.253 e. The smallest absolute Gasteiger partial charge is 0.253 e. The Morgan fingerprint density at radius 2 is 1.91 bits per heavy atom. The van der Waals surface area contributed by atoms with Gasteiger partial charge in [-0.3, -0.25) is 14.4 Å². The van der Waals surface area contributed by atoms with E-state index in [2.05, 4.69) is 20.9 Å². The van der Waals surface area contributed by atoms with Gasteiger partial charge < -0.3 is 25.7 Å². The second kappa shape index (κ2) is 11.2. The second-order valence-electron chi connectivity index (χ2n) is 9.19. The van der Waals surface area contributed by atoms with Crippen LogP contribution in [0.2, 0.25) is 0 Å². The standard InChI is InChI=1S/C27H32N4O4/c1-17(2)25(32)31-23(14-19-16-28-22-10-4-3-9-21(19)22)26(33)29-15-18-7-5-8-20(13-18)30-27(34)24-11-6-12-35-24/h3-5,7-10,13,16-17,23-24,28H,6,11-12,14-15H2,1-2H3,(H,29,33)(H,30,34)(H,31,32). The maximum atomic E-state index is 13.2. The molecule has 0 bridgehead atoms. The molecule has 0 saturated carbocycles. The van der Waals surface area contributed by atoms with Crippen LogP contribution < -0.4 is 16.0 Å². The third-order valence-corrected chi connectivity index (χ3v) is 6.14. The third kappa shape index (κ3) is 6.27. The summed E-state index contributed by atoms with van der Waals surface area (Å²) in [6.45, 7) is 4.47. The quantitative estimate of drug-likeness (QED) is 0.380. The molecule has 2 heterocycles. The van der Waals surface area contributed by atoms with Crippen molar-refractivity contribution in [3.63, 3.8) is 0 Å². The Kier molecular flexibility index (Phi) is 7.82. The van der Waals surface area contributed by atoms with E-state index >= 15 is 0 Å². The van der Waals surface area contributed by atoms with Gasteiger partial charge in [-0.25, -0.2) is 0 Å². The van der Waals surface area contributed by atoms with Gasteiger partial charge in [0, 0.05) is 48.3 Å². The van der Waals surface area contributed by atoms with Crippen molar-refractivity contribution in [3.8, 4) is 0 Å². The molecule has 2 unspecified atom stereocenters. The van der Waals surface area contributed by atoms with Crippen LogP contribution >= 0.6 is 0 Å². The Hall–Kier alpha value is -3.65. The van der Waals surface area contributed by atoms with Gasteiger partial charge >= 0.3 is 0 Å². The lowest BCUT2D eigenvalue weighted by atomic mass is 10.0. The molecular formula is C27H32N4O4. The molecule has 184 valence electrons. The van der Waals surface area contributed by atoms with Crippen LogP contribution in [0.5, 0.6) is 0 Å². The number of carbonyl (C=O) groups is 3. The molecule has 3 amide bonds. The molecule has 3 aromatic rings. The van der Waals surface area contributed by atoms with Crippen molar-refractivity contribution >= 4 is 34.3 Å². The molecule has 0 aliphatic carbocycles. The number of aromatic amines is 1. The first-order valence-electron chi connectivity index (χ1n) is 12.0. The predicted molar refractivity (Wildman–Crippen MR) is 135 cm³/mol. The lowest BCUT2D eigenvalue weighted by molar-refractivity contribution is -0.130. The highest BCUT2D eigenvalue weighted by atomic mass is 16.5. The van der Waals surface area contributed by atoms with E-state index in [1.165, 1.54) is 0 Å². The van der Waals surface area contributed by atoms with Crippen LogP contribution in [-0.2, 0) is 32.1 Å². The molecule has 1 fully saturated rings. The number of carbonyl (C=O) groups excluding carboxylic acids is 3. The van der Waals surface area contributed by atoms with Gasteiger partial charge in [-0.15, -0.1) is 0 Å². The number of hydrogen-bond donors (Lipinski definition) is 4. The van der Waals surface area contributed by atoms with Gasteiger partial charge in [-0.05, 0) is 42.2 Å². The first kappa shape index (κ1) is 24.5. The van der Waals surface area contributed by atoms with Crippen LogP contribution in [0.25, 0.3) is 10.9 Å². The maximum absolute atomic E-state index is 13.2. The van der Waals surface area contributed by atoms with Gasteiger partial charge in [0.05, 0.1) is 0 Å². The van der Waals surface area contributed by atoms with E-state index in [-0.39, 0.29) is 30.2 Å². The molecule has 4 rings (SSSR count). The lowest BCUT2D eigenvalue weighted by Crippen LogP contribution is -2.48. The molecule has 2 atom stereocenters. The highest BCUT2D eigenvalue weighted by molar-refractivity contribution is 5.94. The summed E-state index contributed by atoms with van der Waals surface area (Å²) in [5.74, 6) is -0.835. The van der Waals surface area contributed by atoms with Crippen molar-refractivity contribution in [2.24, 2.45) is 5.92 Å². The summed E-state index contributed by atoms with van der Waals surface area (Å²) >= 11 is 0. The van der Waals surface area contributed by atoms with Crippen molar-refractivity contribution in [2.45, 2.75) is 51.8 Å². The van der Waals surface area contributed by atoms with Gasteiger partial charge in [0.2, 0.25) is 11.8 Å². The van der Waals surface area contributed by atoms with Gasteiger partial charge in [0.15, 0.2) is 0 Å². The van der Waals surface area contributed by atoms with E-state index in [9.17, 15) is 14.4 Å². The van der Waals surface area contributed by atoms with Crippen molar-refractivity contribution in [3.05, 3.63) is 65.9 Å². The minimum Gasteiger partial charge on any atom is -0.368 e. The minimum absolute atomic E-state index is 0.154. The van der Waals surface area contributed by atoms with E-state index in [0.717, 1.165) is 34.9 Å². The zero-order valence-electron chi connectivity index (χ0n) is 20.1. The number of benzene rings is 2. The molecule has 1 aromatic heterocycles. The molecule has 8 nitrogen and oxygen atoms in total. The Morgan fingerprint density at radius 1 is 1.09 bits per heavy atom. The predicted octanol–water partition coefficient (Wildman–Crippen LogP) is 3.29. The zero-order chi connectivity index (χ0) is 24.8. The molecule has 0 spiro atoms. The minimum atomic E-state index is -0.716. The average Bonchev–Trinajstić information content (AvgIpc) is 3.53. The molecule has 2 aromatic carbocycles. The summed E-state index contributed by atoms with van der Waals surface area (Å²) in [4.78, 5) is 41.1. The first-order valence-corrected chi connectivity index (χ1v) is 12.0. The van der Waals surface area contributed by atoms with E-state index < -0.39 is 12.1 Å². The van der Waals surface area contributed by atoms with Gasteiger partial charge in [0.1, 0.15) is 12.1 Å². The fourth-order valence-corrected chi connectivity index (χ4v) is 4.15. The largest absolute Gasteiger partial charge is 0.368 e. The topological polar surface area (TPSA) is 112 Å². The fraction of sp³-hybridized carbons (Fsp3) is 0.370. The molecule has 4 N–H and O–H groups in total. The number of H-pyrrole nitrogens is 1. The fourth-order valence-electron chi connectivity index (χ4n) is 4.15. The summed E-state index contributed by atoms with van der Waals surface area (Å²) in [5.41, 5.74) is 3.44. The summed E-state index contributed by atoms with van der Waals surface area (Å²) in [6.07, 6.45) is 3.45. The van der Waals surface area contributed by atoms with Crippen LogP contribution in [0.15, 0.2) is 54.7 Å². The van der Waals surface area contributed by atoms with Crippen LogP contribution in [0.4, 0.5) is 5.69 Å². The van der Waals surface area contributed by atoms with Crippen molar-refractivity contribution < 1.29 is 19.1 Å². The van der Waals surface area contributed by atoms with E-state index in [4.69, 9.17) is 4.74 Å².